The highest BCUT2D eigenvalue weighted by Gasteiger charge is 2.23. The second-order valence-electron chi connectivity index (χ2n) is 10.2. The molecule has 0 unspecified atom stereocenters. The number of amides is 3. The van der Waals surface area contributed by atoms with Gasteiger partial charge in [-0.3, -0.25) is 4.79 Å². The van der Waals surface area contributed by atoms with Crippen LogP contribution in [0.15, 0.2) is 54.6 Å². The molecule has 0 aliphatic carbocycles. The highest BCUT2D eigenvalue weighted by atomic mass is 19.1. The van der Waals surface area contributed by atoms with Crippen molar-refractivity contribution in [3.8, 4) is 5.69 Å². The van der Waals surface area contributed by atoms with Gasteiger partial charge in [-0.1, -0.05) is 52.8 Å². The maximum absolute atomic E-state index is 13.5. The van der Waals surface area contributed by atoms with Crippen LogP contribution in [0.4, 0.5) is 20.7 Å². The first kappa shape index (κ1) is 25.9. The molecule has 7 nitrogen and oxygen atoms in total. The van der Waals surface area contributed by atoms with E-state index in [4.69, 9.17) is 5.10 Å². The van der Waals surface area contributed by atoms with E-state index in [9.17, 15) is 14.0 Å². The average Bonchev–Trinajstić information content (AvgIpc) is 3.17. The van der Waals surface area contributed by atoms with E-state index >= 15 is 0 Å². The first-order chi connectivity index (χ1) is 16.4. The van der Waals surface area contributed by atoms with Crippen LogP contribution in [0.25, 0.3) is 5.69 Å². The molecule has 3 aromatic rings. The minimum Gasteiger partial charge on any atom is -0.315 e. The lowest BCUT2D eigenvalue weighted by Crippen LogP contribution is -2.42. The van der Waals surface area contributed by atoms with Crippen molar-refractivity contribution < 1.29 is 14.0 Å². The highest BCUT2D eigenvalue weighted by Crippen LogP contribution is 2.26. The molecule has 3 amide bonds. The summed E-state index contributed by atoms with van der Waals surface area (Å²) in [6.45, 7) is 12.3. The predicted octanol–water partition coefficient (Wildman–Crippen LogP) is 5.75. The molecule has 2 N–H and O–H groups in total. The predicted molar refractivity (Wildman–Crippen MR) is 137 cm³/mol. The lowest BCUT2D eigenvalue weighted by Gasteiger charge is -2.24. The molecule has 0 fully saturated rings. The Morgan fingerprint density at radius 1 is 1.06 bits per heavy atom. The molecule has 0 bridgehead atoms. The van der Waals surface area contributed by atoms with Crippen LogP contribution in [0.2, 0.25) is 0 Å². The molecule has 0 spiro atoms. The number of halogens is 1. The fraction of sp³-hybridized carbons (Fsp3) is 0.370. The molecule has 0 saturated heterocycles. The molecule has 2 aromatic carbocycles. The molecule has 1 aromatic heterocycles. The van der Waals surface area contributed by atoms with E-state index in [0.717, 1.165) is 16.9 Å². The van der Waals surface area contributed by atoms with Gasteiger partial charge in [0, 0.05) is 23.7 Å². The summed E-state index contributed by atoms with van der Waals surface area (Å²) in [6.07, 6.45) is 0. The SMILES string of the molecule is Cc1cccc(-n2nc(C(C)(C)C)cc2NC(=O)CN(CC(C)C)C(=O)Nc2cccc(F)c2)c1. The van der Waals surface area contributed by atoms with Gasteiger partial charge in [-0.2, -0.15) is 5.10 Å². The van der Waals surface area contributed by atoms with Gasteiger partial charge in [0.2, 0.25) is 5.91 Å². The Morgan fingerprint density at radius 2 is 1.77 bits per heavy atom. The van der Waals surface area contributed by atoms with Gasteiger partial charge in [0.1, 0.15) is 18.2 Å². The van der Waals surface area contributed by atoms with Gasteiger partial charge in [0.05, 0.1) is 11.4 Å². The number of aryl methyl sites for hydroxylation is 1. The van der Waals surface area contributed by atoms with Gasteiger partial charge in [-0.05, 0) is 48.7 Å². The van der Waals surface area contributed by atoms with Crippen LogP contribution >= 0.6 is 0 Å². The lowest BCUT2D eigenvalue weighted by molar-refractivity contribution is -0.116. The number of hydrogen-bond donors (Lipinski definition) is 2. The number of urea groups is 1. The first-order valence-electron chi connectivity index (χ1n) is 11.7. The first-order valence-corrected chi connectivity index (χ1v) is 11.7. The van der Waals surface area contributed by atoms with Crippen LogP contribution in [0.1, 0.15) is 45.9 Å². The Morgan fingerprint density at radius 3 is 2.40 bits per heavy atom. The zero-order chi connectivity index (χ0) is 25.8. The number of rotatable bonds is 7. The highest BCUT2D eigenvalue weighted by molar-refractivity contribution is 5.96. The number of nitrogens with one attached hydrogen (secondary N) is 2. The summed E-state index contributed by atoms with van der Waals surface area (Å²) in [5.74, 6) is -0.142. The maximum atomic E-state index is 13.5. The monoisotopic (exact) mass is 479 g/mol. The van der Waals surface area contributed by atoms with Gasteiger partial charge in [-0.15, -0.1) is 0 Å². The molecule has 0 saturated carbocycles. The number of benzene rings is 2. The Bertz CT molecular complexity index is 1200. The Hall–Kier alpha value is -3.68. The average molecular weight is 480 g/mol. The number of nitrogens with zero attached hydrogens (tertiary/aromatic N) is 3. The number of anilines is 2. The van der Waals surface area contributed by atoms with Gasteiger partial charge in [0.25, 0.3) is 0 Å². The van der Waals surface area contributed by atoms with Crippen molar-refractivity contribution in [3.05, 3.63) is 71.7 Å². The quantitative estimate of drug-likeness (QED) is 0.453. The molecule has 0 radical (unpaired) electrons. The molecular formula is C27H34FN5O2. The number of carbonyl (C=O) groups is 2. The summed E-state index contributed by atoms with van der Waals surface area (Å²) in [5, 5.41) is 10.4. The minimum atomic E-state index is -0.470. The molecule has 186 valence electrons. The van der Waals surface area contributed by atoms with Crippen molar-refractivity contribution >= 4 is 23.4 Å². The summed E-state index contributed by atoms with van der Waals surface area (Å²) in [6, 6.07) is 14.9. The number of carbonyl (C=O) groups excluding carboxylic acids is 2. The van der Waals surface area contributed by atoms with E-state index in [0.29, 0.717) is 18.1 Å². The van der Waals surface area contributed by atoms with E-state index in [1.54, 1.807) is 10.7 Å². The van der Waals surface area contributed by atoms with Crippen LogP contribution < -0.4 is 10.6 Å². The van der Waals surface area contributed by atoms with E-state index < -0.39 is 11.8 Å². The third kappa shape index (κ3) is 7.15. The van der Waals surface area contributed by atoms with Crippen molar-refractivity contribution in [2.45, 2.75) is 47.0 Å². The van der Waals surface area contributed by atoms with E-state index in [1.165, 1.54) is 23.1 Å². The minimum absolute atomic E-state index is 0.131. The molecule has 0 aliphatic rings. The van der Waals surface area contributed by atoms with E-state index in [2.05, 4.69) is 31.4 Å². The van der Waals surface area contributed by atoms with Crippen molar-refractivity contribution in [3.63, 3.8) is 0 Å². The summed E-state index contributed by atoms with van der Waals surface area (Å²) in [5.41, 5.74) is 2.85. The van der Waals surface area contributed by atoms with Crippen molar-refractivity contribution in [1.82, 2.24) is 14.7 Å². The van der Waals surface area contributed by atoms with Crippen LogP contribution in [0, 0.1) is 18.7 Å². The van der Waals surface area contributed by atoms with E-state index in [1.807, 2.05) is 51.1 Å². The Balaban J connectivity index is 1.82. The van der Waals surface area contributed by atoms with Gasteiger partial charge < -0.3 is 15.5 Å². The smallest absolute Gasteiger partial charge is 0.315 e. The van der Waals surface area contributed by atoms with Crippen LogP contribution in [-0.4, -0.2) is 39.7 Å². The third-order valence-corrected chi connectivity index (χ3v) is 5.27. The second kappa shape index (κ2) is 10.7. The molecule has 0 aliphatic heterocycles. The molecule has 35 heavy (non-hydrogen) atoms. The summed E-state index contributed by atoms with van der Waals surface area (Å²) < 4.78 is 15.2. The zero-order valence-electron chi connectivity index (χ0n) is 21.2. The second-order valence-corrected chi connectivity index (χ2v) is 10.2. The van der Waals surface area contributed by atoms with Crippen molar-refractivity contribution in [2.75, 3.05) is 23.7 Å². The lowest BCUT2D eigenvalue weighted by atomic mass is 9.92. The van der Waals surface area contributed by atoms with E-state index in [-0.39, 0.29) is 23.8 Å². The number of hydrogen-bond acceptors (Lipinski definition) is 3. The van der Waals surface area contributed by atoms with Gasteiger partial charge >= 0.3 is 6.03 Å². The maximum Gasteiger partial charge on any atom is 0.322 e. The van der Waals surface area contributed by atoms with Crippen LogP contribution in [0.3, 0.4) is 0 Å². The summed E-state index contributed by atoms with van der Waals surface area (Å²) in [7, 11) is 0. The Labute approximate surface area is 206 Å². The van der Waals surface area contributed by atoms with Crippen LogP contribution in [0.5, 0.6) is 0 Å². The van der Waals surface area contributed by atoms with Gasteiger partial charge in [-0.25, -0.2) is 13.9 Å². The summed E-state index contributed by atoms with van der Waals surface area (Å²) in [4.78, 5) is 27.4. The molecular weight excluding hydrogens is 445 g/mol. The van der Waals surface area contributed by atoms with Crippen molar-refractivity contribution in [2.24, 2.45) is 5.92 Å². The number of aromatic nitrogens is 2. The fourth-order valence-electron chi connectivity index (χ4n) is 3.58. The third-order valence-electron chi connectivity index (χ3n) is 5.27. The largest absolute Gasteiger partial charge is 0.322 e. The zero-order valence-corrected chi connectivity index (χ0v) is 21.2. The van der Waals surface area contributed by atoms with Crippen LogP contribution in [-0.2, 0) is 10.2 Å². The molecule has 3 rings (SSSR count). The molecule has 1 heterocycles. The normalized spacial score (nSPS) is 11.4. The Kier molecular flexibility index (Phi) is 7.94. The molecule has 0 atom stereocenters. The summed E-state index contributed by atoms with van der Waals surface area (Å²) >= 11 is 0. The molecule has 8 heteroatoms. The fourth-order valence-corrected chi connectivity index (χ4v) is 3.58. The van der Waals surface area contributed by atoms with Crippen molar-refractivity contribution in [1.29, 1.82) is 0 Å². The standard InChI is InChI=1S/C27H34FN5O2/c1-18(2)16-32(26(35)29-21-11-8-10-20(28)14-21)17-25(34)30-24-15-23(27(4,5)6)31-33(24)22-12-7-9-19(3)13-22/h7-15,18H,16-17H2,1-6H3,(H,29,35)(H,30,34). The topological polar surface area (TPSA) is 79.3 Å². The van der Waals surface area contributed by atoms with Gasteiger partial charge in [0.15, 0.2) is 0 Å².